The summed E-state index contributed by atoms with van der Waals surface area (Å²) in [4.78, 5) is 43.1. The molecule has 4 aliphatic rings. The average molecular weight is 529 g/mol. The Labute approximate surface area is 219 Å². The molecule has 204 valence electrons. The third-order valence-electron chi connectivity index (χ3n) is 9.08. The molecule has 5 atom stereocenters. The highest BCUT2D eigenvalue weighted by Gasteiger charge is 2.63. The minimum Gasteiger partial charge on any atom is -0.510 e. The summed E-state index contributed by atoms with van der Waals surface area (Å²) in [6.45, 7) is 5.65. The average Bonchev–Trinajstić information content (AvgIpc) is 3.30. The Morgan fingerprint density at radius 2 is 1.79 bits per heavy atom. The maximum Gasteiger partial charge on any atom is 0.209 e. The lowest BCUT2D eigenvalue weighted by molar-refractivity contribution is -0.148. The molecule has 0 saturated carbocycles. The smallest absolute Gasteiger partial charge is 0.209 e. The molecule has 10 heteroatoms. The first-order valence-corrected chi connectivity index (χ1v) is 12.9. The minimum absolute atomic E-state index is 0.0402. The molecule has 4 N–H and O–H groups in total. The predicted molar refractivity (Wildman–Crippen MR) is 134 cm³/mol. The monoisotopic (exact) mass is 528 g/mol. The van der Waals surface area contributed by atoms with E-state index in [1.54, 1.807) is 14.1 Å². The SMILES string of the molecule is CC[C@@H](C)N1Cc2c(O)c3c(c(F)c2C1)C[C@H]1C[C@H]2[C@H](N(C)C)C(O)=C(C(C)=O)C(=O)[C@@]2(O)C(O)=C1C3=O. The number of benzene rings is 1. The van der Waals surface area contributed by atoms with E-state index in [0.29, 0.717) is 17.7 Å². The van der Waals surface area contributed by atoms with Crippen LogP contribution in [0.3, 0.4) is 0 Å². The fraction of sp³-hybridized carbons (Fsp3) is 0.536. The number of hydrogen-bond donors (Lipinski definition) is 4. The number of aromatic hydroxyl groups is 1. The van der Waals surface area contributed by atoms with Gasteiger partial charge in [0.1, 0.15) is 28.7 Å². The normalized spacial score (nSPS) is 29.8. The molecule has 0 fully saturated rings. The van der Waals surface area contributed by atoms with Crippen LogP contribution in [0.15, 0.2) is 22.7 Å². The van der Waals surface area contributed by atoms with Crippen LogP contribution in [0.1, 0.15) is 60.7 Å². The predicted octanol–water partition coefficient (Wildman–Crippen LogP) is 2.48. The summed E-state index contributed by atoms with van der Waals surface area (Å²) in [6.07, 6.45) is 0.741. The van der Waals surface area contributed by atoms with Gasteiger partial charge in [-0.3, -0.25) is 24.2 Å². The van der Waals surface area contributed by atoms with Crippen molar-refractivity contribution in [3.05, 3.63) is 50.7 Å². The van der Waals surface area contributed by atoms with E-state index in [-0.39, 0.29) is 47.9 Å². The Bertz CT molecular complexity index is 1360. The van der Waals surface area contributed by atoms with E-state index in [4.69, 9.17) is 0 Å². The Hall–Kier alpha value is -3.08. The van der Waals surface area contributed by atoms with E-state index >= 15 is 4.39 Å². The zero-order valence-corrected chi connectivity index (χ0v) is 22.1. The molecule has 9 nitrogen and oxygen atoms in total. The Balaban J connectivity index is 1.68. The number of Topliss-reactive ketones (excluding diaryl/α,β-unsaturated/α-hetero) is 3. The number of carbonyl (C=O) groups is 3. The lowest BCUT2D eigenvalue weighted by Crippen LogP contribution is -2.63. The van der Waals surface area contributed by atoms with Crippen molar-refractivity contribution in [3.8, 4) is 5.75 Å². The molecule has 0 aromatic heterocycles. The van der Waals surface area contributed by atoms with Crippen LogP contribution in [-0.2, 0) is 29.1 Å². The van der Waals surface area contributed by atoms with Crippen molar-refractivity contribution in [1.29, 1.82) is 0 Å². The standard InChI is InChI=1S/C28H33FN2O7/c1-6-11(2)31-9-15-16(10-31)23(33)20-14(21(15)29)7-13-8-17-22(30(4)5)25(35)18(12(3)32)26(36)28(17,38)27(37)19(13)24(20)34/h11,13,17,22,33,35,37-38H,6-10H2,1-5H3/t11-,13+,17+,22+,28-/m1/s1. The van der Waals surface area contributed by atoms with Crippen LogP contribution in [-0.4, -0.2) is 79.4 Å². The maximum absolute atomic E-state index is 15.9. The molecule has 1 aromatic carbocycles. The second-order valence-corrected chi connectivity index (χ2v) is 11.3. The summed E-state index contributed by atoms with van der Waals surface area (Å²) in [6, 6.07) is -0.885. The Morgan fingerprint density at radius 1 is 1.16 bits per heavy atom. The fourth-order valence-corrected chi connectivity index (χ4v) is 6.92. The lowest BCUT2D eigenvalue weighted by Gasteiger charge is -2.50. The molecule has 0 bridgehead atoms. The molecule has 1 aromatic rings. The van der Waals surface area contributed by atoms with Gasteiger partial charge in [-0.15, -0.1) is 0 Å². The molecular formula is C28H33FN2O7. The van der Waals surface area contributed by atoms with Gasteiger partial charge in [0.2, 0.25) is 5.78 Å². The third kappa shape index (κ3) is 3.29. The van der Waals surface area contributed by atoms with Crippen LogP contribution >= 0.6 is 0 Å². The summed E-state index contributed by atoms with van der Waals surface area (Å²) in [5.74, 6) is -7.01. The van der Waals surface area contributed by atoms with Gasteiger partial charge in [0, 0.05) is 47.3 Å². The largest absolute Gasteiger partial charge is 0.510 e. The van der Waals surface area contributed by atoms with Crippen molar-refractivity contribution in [2.45, 2.75) is 70.8 Å². The number of likely N-dealkylation sites (N-methyl/N-ethyl adjacent to an activating group) is 1. The third-order valence-corrected chi connectivity index (χ3v) is 9.08. The van der Waals surface area contributed by atoms with Crippen molar-refractivity contribution >= 4 is 17.3 Å². The van der Waals surface area contributed by atoms with E-state index in [0.717, 1.165) is 13.3 Å². The van der Waals surface area contributed by atoms with Crippen LogP contribution in [0.5, 0.6) is 5.75 Å². The van der Waals surface area contributed by atoms with E-state index in [1.165, 1.54) is 4.90 Å². The quantitative estimate of drug-likeness (QED) is 0.434. The van der Waals surface area contributed by atoms with Gasteiger partial charge in [0.05, 0.1) is 11.6 Å². The number of fused-ring (bicyclic) bond motifs is 4. The van der Waals surface area contributed by atoms with Crippen LogP contribution in [0.2, 0.25) is 0 Å². The maximum atomic E-state index is 15.9. The van der Waals surface area contributed by atoms with Crippen molar-refractivity contribution in [1.82, 2.24) is 9.80 Å². The lowest BCUT2D eigenvalue weighted by atomic mass is 9.58. The Kier molecular flexibility index (Phi) is 6.09. The first-order chi connectivity index (χ1) is 17.8. The molecule has 5 rings (SSSR count). The van der Waals surface area contributed by atoms with Crippen LogP contribution in [0, 0.1) is 17.7 Å². The van der Waals surface area contributed by atoms with Gasteiger partial charge in [-0.25, -0.2) is 4.39 Å². The molecule has 3 aliphatic carbocycles. The van der Waals surface area contributed by atoms with Crippen LogP contribution in [0.25, 0.3) is 0 Å². The van der Waals surface area contributed by atoms with Gasteiger partial charge < -0.3 is 20.4 Å². The number of carbonyl (C=O) groups excluding carboxylic acids is 3. The summed E-state index contributed by atoms with van der Waals surface area (Å²) < 4.78 is 15.9. The number of hydrogen-bond acceptors (Lipinski definition) is 9. The second-order valence-electron chi connectivity index (χ2n) is 11.3. The van der Waals surface area contributed by atoms with E-state index in [2.05, 4.69) is 0 Å². The number of phenolic OH excluding ortho intramolecular Hbond substituents is 1. The molecule has 0 unspecified atom stereocenters. The highest BCUT2D eigenvalue weighted by atomic mass is 19.1. The van der Waals surface area contributed by atoms with Crippen molar-refractivity contribution < 1.29 is 39.2 Å². The number of allylic oxidation sites excluding steroid dienone is 1. The number of aliphatic hydroxyl groups is 3. The number of rotatable bonds is 4. The van der Waals surface area contributed by atoms with Gasteiger partial charge in [0.25, 0.3) is 0 Å². The van der Waals surface area contributed by atoms with E-state index in [1.807, 2.05) is 18.7 Å². The van der Waals surface area contributed by atoms with Gasteiger partial charge in [0.15, 0.2) is 17.2 Å². The number of ketones is 3. The molecule has 0 amide bonds. The van der Waals surface area contributed by atoms with Gasteiger partial charge in [-0.1, -0.05) is 6.92 Å². The number of halogens is 1. The highest BCUT2D eigenvalue weighted by Crippen LogP contribution is 2.53. The van der Waals surface area contributed by atoms with Gasteiger partial charge in [-0.2, -0.15) is 0 Å². The minimum atomic E-state index is -2.64. The molecule has 0 saturated heterocycles. The molecular weight excluding hydrogens is 495 g/mol. The van der Waals surface area contributed by atoms with E-state index < -0.39 is 63.7 Å². The highest BCUT2D eigenvalue weighted by molar-refractivity contribution is 6.25. The van der Waals surface area contributed by atoms with Crippen molar-refractivity contribution in [3.63, 3.8) is 0 Å². The molecule has 38 heavy (non-hydrogen) atoms. The summed E-state index contributed by atoms with van der Waals surface area (Å²) in [5.41, 5.74) is -3.06. The number of aliphatic hydroxyl groups excluding tert-OH is 2. The summed E-state index contributed by atoms with van der Waals surface area (Å²) in [5, 5.41) is 45.2. The fourth-order valence-electron chi connectivity index (χ4n) is 6.92. The molecule has 0 radical (unpaired) electrons. The second kappa shape index (κ2) is 8.72. The number of nitrogens with zero attached hydrogens (tertiary/aromatic N) is 2. The van der Waals surface area contributed by atoms with Gasteiger partial charge in [-0.05, 0) is 53.1 Å². The van der Waals surface area contributed by atoms with E-state index in [9.17, 15) is 34.8 Å². The zero-order valence-electron chi connectivity index (χ0n) is 22.1. The Morgan fingerprint density at radius 3 is 2.37 bits per heavy atom. The van der Waals surface area contributed by atoms with Crippen LogP contribution < -0.4 is 0 Å². The number of phenols is 1. The first-order valence-electron chi connectivity index (χ1n) is 12.9. The zero-order chi connectivity index (χ0) is 28.0. The molecule has 0 spiro atoms. The molecule has 1 heterocycles. The van der Waals surface area contributed by atoms with Crippen molar-refractivity contribution in [2.75, 3.05) is 14.1 Å². The molecule has 1 aliphatic heterocycles. The topological polar surface area (TPSA) is 139 Å². The summed E-state index contributed by atoms with van der Waals surface area (Å²) >= 11 is 0. The van der Waals surface area contributed by atoms with Crippen molar-refractivity contribution in [2.24, 2.45) is 11.8 Å². The summed E-state index contributed by atoms with van der Waals surface area (Å²) in [7, 11) is 3.19. The first kappa shape index (κ1) is 26.5. The van der Waals surface area contributed by atoms with Gasteiger partial charge >= 0.3 is 0 Å². The van der Waals surface area contributed by atoms with Crippen LogP contribution in [0.4, 0.5) is 4.39 Å².